The topological polar surface area (TPSA) is 20.3 Å². The number of anilines is 1. The summed E-state index contributed by atoms with van der Waals surface area (Å²) in [6.45, 7) is 4.61. The normalized spacial score (nSPS) is 16.1. The van der Waals surface area contributed by atoms with E-state index in [9.17, 15) is 4.79 Å². The molecule has 1 aliphatic rings. The molecule has 0 bridgehead atoms. The molecule has 1 aliphatic heterocycles. The van der Waals surface area contributed by atoms with Crippen molar-refractivity contribution >= 4 is 27.5 Å². The number of carbonyl (C=O) groups is 1. The Balaban J connectivity index is 2.25. The smallest absolute Gasteiger partial charge is 0.223 e. The van der Waals surface area contributed by atoms with Gasteiger partial charge >= 0.3 is 0 Å². The lowest BCUT2D eigenvalue weighted by atomic mass is 10.1. The molecule has 0 fully saturated rings. The van der Waals surface area contributed by atoms with Gasteiger partial charge in [-0.1, -0.05) is 35.0 Å². The van der Waals surface area contributed by atoms with Gasteiger partial charge in [-0.3, -0.25) is 4.79 Å². The minimum Gasteiger partial charge on any atom is -0.312 e. The lowest BCUT2D eigenvalue weighted by molar-refractivity contribution is -0.116. The zero-order chi connectivity index (χ0) is 11.7. The Kier molecular flexibility index (Phi) is 3.33. The van der Waals surface area contributed by atoms with Crippen LogP contribution in [0.2, 0.25) is 0 Å². The zero-order valence-corrected chi connectivity index (χ0v) is 11.3. The standard InChI is InChI=1S/C13H16BrNO/c1-9(14)7-11-3-4-13-12(8-11)5-6-15(13)10(2)16/h3-4,8-9H,5-7H2,1-2H3/t9-/m0/s1. The first-order valence-electron chi connectivity index (χ1n) is 5.62. The average molecular weight is 282 g/mol. The van der Waals surface area contributed by atoms with Gasteiger partial charge < -0.3 is 4.90 Å². The van der Waals surface area contributed by atoms with Crippen molar-refractivity contribution in [3.05, 3.63) is 29.3 Å². The average Bonchev–Trinajstić information content (AvgIpc) is 2.59. The lowest BCUT2D eigenvalue weighted by Gasteiger charge is -2.15. The van der Waals surface area contributed by atoms with Gasteiger partial charge in [-0.15, -0.1) is 0 Å². The molecule has 0 radical (unpaired) electrons. The molecular weight excluding hydrogens is 266 g/mol. The molecule has 1 aromatic rings. The molecule has 0 saturated heterocycles. The van der Waals surface area contributed by atoms with Crippen LogP contribution in [0.1, 0.15) is 25.0 Å². The van der Waals surface area contributed by atoms with E-state index in [1.54, 1.807) is 6.92 Å². The van der Waals surface area contributed by atoms with Crippen LogP contribution < -0.4 is 4.90 Å². The molecule has 2 nitrogen and oxygen atoms in total. The van der Waals surface area contributed by atoms with Crippen LogP contribution in [0.15, 0.2) is 18.2 Å². The van der Waals surface area contributed by atoms with Crippen LogP contribution in [0.25, 0.3) is 0 Å². The maximum atomic E-state index is 11.4. The summed E-state index contributed by atoms with van der Waals surface area (Å²) in [6.07, 6.45) is 2.02. The highest BCUT2D eigenvalue weighted by Gasteiger charge is 2.21. The SMILES string of the molecule is CC(=O)N1CCc2cc(C[C@H](C)Br)ccc21. The highest BCUT2D eigenvalue weighted by Crippen LogP contribution is 2.29. The van der Waals surface area contributed by atoms with Crippen LogP contribution in [0, 0.1) is 0 Å². The largest absolute Gasteiger partial charge is 0.312 e. The van der Waals surface area contributed by atoms with Gasteiger partial charge in [0.2, 0.25) is 5.91 Å². The second-order valence-electron chi connectivity index (χ2n) is 4.37. The molecule has 16 heavy (non-hydrogen) atoms. The number of halogens is 1. The molecular formula is C13H16BrNO. The minimum absolute atomic E-state index is 0.139. The lowest BCUT2D eigenvalue weighted by Crippen LogP contribution is -2.25. The number of rotatable bonds is 2. The Morgan fingerprint density at radius 1 is 1.56 bits per heavy atom. The van der Waals surface area contributed by atoms with E-state index in [4.69, 9.17) is 0 Å². The Labute approximate surface area is 105 Å². The van der Waals surface area contributed by atoms with E-state index in [1.807, 2.05) is 4.90 Å². The summed E-state index contributed by atoms with van der Waals surface area (Å²) >= 11 is 3.56. The Morgan fingerprint density at radius 2 is 2.31 bits per heavy atom. The van der Waals surface area contributed by atoms with Crippen LogP contribution in [0.4, 0.5) is 5.69 Å². The molecule has 3 heteroatoms. The summed E-state index contributed by atoms with van der Waals surface area (Å²) in [4.78, 5) is 13.7. The van der Waals surface area contributed by atoms with E-state index in [0.717, 1.165) is 25.1 Å². The van der Waals surface area contributed by atoms with E-state index >= 15 is 0 Å². The third kappa shape index (κ3) is 2.29. The van der Waals surface area contributed by atoms with Gasteiger partial charge in [0.1, 0.15) is 0 Å². The van der Waals surface area contributed by atoms with Crippen molar-refractivity contribution in [1.82, 2.24) is 0 Å². The summed E-state index contributed by atoms with van der Waals surface area (Å²) in [5.74, 6) is 0.139. The minimum atomic E-state index is 0.139. The molecule has 0 aromatic heterocycles. The summed E-state index contributed by atoms with van der Waals surface area (Å²) in [7, 11) is 0. The van der Waals surface area contributed by atoms with Crippen LogP contribution in [0.5, 0.6) is 0 Å². The number of alkyl halides is 1. The van der Waals surface area contributed by atoms with Crippen molar-refractivity contribution in [2.45, 2.75) is 31.5 Å². The van der Waals surface area contributed by atoms with Crippen LogP contribution >= 0.6 is 15.9 Å². The fourth-order valence-corrected chi connectivity index (χ4v) is 2.61. The molecule has 1 atom stereocenters. The Hall–Kier alpha value is -0.830. The third-order valence-corrected chi connectivity index (χ3v) is 3.26. The van der Waals surface area contributed by atoms with Crippen molar-refractivity contribution in [2.75, 3.05) is 11.4 Å². The third-order valence-electron chi connectivity index (χ3n) is 2.94. The molecule has 0 saturated carbocycles. The second kappa shape index (κ2) is 4.58. The van der Waals surface area contributed by atoms with Gasteiger partial charge in [-0.05, 0) is 30.0 Å². The van der Waals surface area contributed by atoms with E-state index in [-0.39, 0.29) is 5.91 Å². The molecule has 86 valence electrons. The van der Waals surface area contributed by atoms with Gasteiger partial charge in [-0.2, -0.15) is 0 Å². The maximum absolute atomic E-state index is 11.4. The molecule has 1 aromatic carbocycles. The second-order valence-corrected chi connectivity index (χ2v) is 5.93. The van der Waals surface area contributed by atoms with Gasteiger partial charge in [-0.25, -0.2) is 0 Å². The van der Waals surface area contributed by atoms with Crippen molar-refractivity contribution in [3.8, 4) is 0 Å². The number of fused-ring (bicyclic) bond motifs is 1. The van der Waals surface area contributed by atoms with Crippen LogP contribution in [0.3, 0.4) is 0 Å². The van der Waals surface area contributed by atoms with Crippen molar-refractivity contribution < 1.29 is 4.79 Å². The summed E-state index contributed by atoms with van der Waals surface area (Å²) in [5.41, 5.74) is 3.74. The quantitative estimate of drug-likeness (QED) is 0.764. The number of carbonyl (C=O) groups excluding carboxylic acids is 1. The summed E-state index contributed by atoms with van der Waals surface area (Å²) in [6, 6.07) is 6.43. The fraction of sp³-hybridized carbons (Fsp3) is 0.462. The predicted molar refractivity (Wildman–Crippen MR) is 70.3 cm³/mol. The molecule has 1 amide bonds. The molecule has 0 spiro atoms. The molecule has 2 rings (SSSR count). The molecule has 1 heterocycles. The molecule has 0 aliphatic carbocycles. The van der Waals surface area contributed by atoms with Crippen molar-refractivity contribution in [3.63, 3.8) is 0 Å². The van der Waals surface area contributed by atoms with Crippen molar-refractivity contribution in [1.29, 1.82) is 0 Å². The first-order chi connectivity index (χ1) is 7.58. The van der Waals surface area contributed by atoms with E-state index in [0.29, 0.717) is 4.83 Å². The Morgan fingerprint density at radius 3 is 2.94 bits per heavy atom. The number of amides is 1. The van der Waals surface area contributed by atoms with Crippen LogP contribution in [-0.2, 0) is 17.6 Å². The first kappa shape index (κ1) is 11.6. The highest BCUT2D eigenvalue weighted by atomic mass is 79.9. The molecule has 0 unspecified atom stereocenters. The van der Waals surface area contributed by atoms with Gasteiger partial charge in [0.05, 0.1) is 0 Å². The van der Waals surface area contributed by atoms with Crippen molar-refractivity contribution in [2.24, 2.45) is 0 Å². The maximum Gasteiger partial charge on any atom is 0.223 e. The highest BCUT2D eigenvalue weighted by molar-refractivity contribution is 9.09. The van der Waals surface area contributed by atoms with Gasteiger partial charge in [0.15, 0.2) is 0 Å². The number of nitrogens with zero attached hydrogens (tertiary/aromatic N) is 1. The number of benzene rings is 1. The Bertz CT molecular complexity index is 414. The van der Waals surface area contributed by atoms with E-state index in [1.165, 1.54) is 11.1 Å². The van der Waals surface area contributed by atoms with Crippen LogP contribution in [-0.4, -0.2) is 17.3 Å². The van der Waals surface area contributed by atoms with Gasteiger partial charge in [0.25, 0.3) is 0 Å². The van der Waals surface area contributed by atoms with E-state index < -0.39 is 0 Å². The van der Waals surface area contributed by atoms with Gasteiger partial charge in [0, 0.05) is 24.0 Å². The number of hydrogen-bond acceptors (Lipinski definition) is 1. The monoisotopic (exact) mass is 281 g/mol. The van der Waals surface area contributed by atoms with E-state index in [2.05, 4.69) is 41.1 Å². The molecule has 0 N–H and O–H groups in total. The first-order valence-corrected chi connectivity index (χ1v) is 6.53. The number of hydrogen-bond donors (Lipinski definition) is 0. The predicted octanol–water partition coefficient (Wildman–Crippen LogP) is 2.92. The zero-order valence-electron chi connectivity index (χ0n) is 9.66. The fourth-order valence-electron chi connectivity index (χ4n) is 2.23. The summed E-state index contributed by atoms with van der Waals surface area (Å²) in [5, 5.41) is 0. The summed E-state index contributed by atoms with van der Waals surface area (Å²) < 4.78 is 0.